The van der Waals surface area contributed by atoms with Crippen molar-refractivity contribution in [3.8, 4) is 0 Å². The van der Waals surface area contributed by atoms with Gasteiger partial charge in [-0.2, -0.15) is 0 Å². The summed E-state index contributed by atoms with van der Waals surface area (Å²) >= 11 is 1.66. The molecule has 0 N–H and O–H groups in total. The molecule has 2 unspecified atom stereocenters. The molecule has 2 fully saturated rings. The van der Waals surface area contributed by atoms with Crippen LogP contribution < -0.4 is 0 Å². The van der Waals surface area contributed by atoms with Gasteiger partial charge in [-0.25, -0.2) is 0 Å². The maximum Gasteiger partial charge on any atom is 0.325 e. The van der Waals surface area contributed by atoms with Gasteiger partial charge < -0.3 is 14.5 Å². The Morgan fingerprint density at radius 2 is 2.24 bits per heavy atom. The van der Waals surface area contributed by atoms with Gasteiger partial charge in [-0.3, -0.25) is 14.4 Å². The van der Waals surface area contributed by atoms with Crippen LogP contribution in [0.15, 0.2) is 0 Å². The second-order valence-electron chi connectivity index (χ2n) is 5.60. The van der Waals surface area contributed by atoms with Crippen LogP contribution in [0.1, 0.15) is 33.1 Å². The minimum Gasteiger partial charge on any atom is -0.468 e. The van der Waals surface area contributed by atoms with E-state index in [4.69, 9.17) is 0 Å². The van der Waals surface area contributed by atoms with E-state index in [1.165, 1.54) is 12.0 Å². The Kier molecular flexibility index (Phi) is 4.81. The van der Waals surface area contributed by atoms with Crippen molar-refractivity contribution in [3.63, 3.8) is 0 Å². The van der Waals surface area contributed by atoms with Crippen molar-refractivity contribution in [2.45, 2.75) is 44.0 Å². The summed E-state index contributed by atoms with van der Waals surface area (Å²) in [6.07, 6.45) is 2.04. The summed E-state index contributed by atoms with van der Waals surface area (Å²) in [5, 5.41) is 0. The zero-order chi connectivity index (χ0) is 15.6. The minimum absolute atomic E-state index is 0.0374. The van der Waals surface area contributed by atoms with E-state index in [0.29, 0.717) is 18.7 Å². The van der Waals surface area contributed by atoms with Gasteiger partial charge in [0.15, 0.2) is 0 Å². The number of fused-ring (bicyclic) bond motifs is 1. The first-order valence-corrected chi connectivity index (χ1v) is 8.23. The number of hydrogen-bond acceptors (Lipinski definition) is 5. The van der Waals surface area contributed by atoms with Crippen molar-refractivity contribution in [1.82, 2.24) is 9.80 Å². The van der Waals surface area contributed by atoms with Crippen LogP contribution in [0.3, 0.4) is 0 Å². The highest BCUT2D eigenvalue weighted by Gasteiger charge is 2.53. The molecule has 2 aliphatic heterocycles. The minimum atomic E-state index is -0.453. The lowest BCUT2D eigenvalue weighted by molar-refractivity contribution is -0.150. The molecular weight excluding hydrogens is 292 g/mol. The quantitative estimate of drug-likeness (QED) is 0.704. The number of carbonyl (C=O) groups excluding carboxylic acids is 3. The highest BCUT2D eigenvalue weighted by molar-refractivity contribution is 8.01. The number of thioether (sulfide) groups is 1. The fourth-order valence-electron chi connectivity index (χ4n) is 2.97. The Hall–Kier alpha value is -1.24. The van der Waals surface area contributed by atoms with E-state index in [1.807, 2.05) is 13.8 Å². The van der Waals surface area contributed by atoms with Crippen molar-refractivity contribution in [1.29, 1.82) is 0 Å². The van der Waals surface area contributed by atoms with Crippen molar-refractivity contribution in [2.75, 3.05) is 26.0 Å². The van der Waals surface area contributed by atoms with Crippen molar-refractivity contribution < 1.29 is 19.1 Å². The predicted octanol–water partition coefficient (Wildman–Crippen LogP) is 0.852. The SMILES string of the molecule is CCCN(CC(=O)OC)C(=O)C1CSC2(C)CCC(=O)N12. The van der Waals surface area contributed by atoms with Crippen LogP contribution in [0, 0.1) is 0 Å². The normalized spacial score (nSPS) is 27.7. The topological polar surface area (TPSA) is 66.9 Å². The Morgan fingerprint density at radius 1 is 1.52 bits per heavy atom. The summed E-state index contributed by atoms with van der Waals surface area (Å²) in [6, 6.07) is -0.453. The monoisotopic (exact) mass is 314 g/mol. The molecule has 0 spiro atoms. The summed E-state index contributed by atoms with van der Waals surface area (Å²) in [6.45, 7) is 4.41. The van der Waals surface area contributed by atoms with Crippen LogP contribution in [0.2, 0.25) is 0 Å². The van der Waals surface area contributed by atoms with Gasteiger partial charge in [0, 0.05) is 18.7 Å². The average molecular weight is 314 g/mol. The first-order valence-electron chi connectivity index (χ1n) is 7.24. The summed E-state index contributed by atoms with van der Waals surface area (Å²) in [5.41, 5.74) is 0. The van der Waals surface area contributed by atoms with E-state index in [0.717, 1.165) is 12.8 Å². The van der Waals surface area contributed by atoms with Gasteiger partial charge in [-0.1, -0.05) is 6.92 Å². The first-order chi connectivity index (χ1) is 9.92. The molecule has 0 aromatic heterocycles. The number of ether oxygens (including phenoxy) is 1. The summed E-state index contributed by atoms with van der Waals surface area (Å²) in [4.78, 5) is 39.2. The molecule has 2 saturated heterocycles. The van der Waals surface area contributed by atoms with Crippen LogP contribution in [0.25, 0.3) is 0 Å². The van der Waals surface area contributed by atoms with Crippen molar-refractivity contribution in [2.24, 2.45) is 0 Å². The van der Waals surface area contributed by atoms with E-state index >= 15 is 0 Å². The molecule has 2 aliphatic rings. The molecule has 0 aromatic rings. The van der Waals surface area contributed by atoms with Crippen LogP contribution >= 0.6 is 11.8 Å². The van der Waals surface area contributed by atoms with Crippen molar-refractivity contribution in [3.05, 3.63) is 0 Å². The van der Waals surface area contributed by atoms with Gasteiger partial charge in [0.1, 0.15) is 12.6 Å². The molecule has 0 radical (unpaired) electrons. The molecule has 2 amide bonds. The molecule has 2 atom stereocenters. The Bertz CT molecular complexity index is 456. The third-order valence-electron chi connectivity index (χ3n) is 4.08. The maximum atomic E-state index is 12.7. The predicted molar refractivity (Wildman–Crippen MR) is 79.6 cm³/mol. The molecule has 2 heterocycles. The first kappa shape index (κ1) is 16.1. The fraction of sp³-hybridized carbons (Fsp3) is 0.786. The molecule has 0 aliphatic carbocycles. The van der Waals surface area contributed by atoms with Crippen LogP contribution in [-0.2, 0) is 19.1 Å². The zero-order valence-electron chi connectivity index (χ0n) is 12.8. The van der Waals surface area contributed by atoms with E-state index in [2.05, 4.69) is 4.74 Å². The zero-order valence-corrected chi connectivity index (χ0v) is 13.6. The highest BCUT2D eigenvalue weighted by atomic mass is 32.2. The number of methoxy groups -OCH3 is 1. The van der Waals surface area contributed by atoms with Gasteiger partial charge in [-0.05, 0) is 19.8 Å². The van der Waals surface area contributed by atoms with Gasteiger partial charge in [0.25, 0.3) is 0 Å². The fourth-order valence-corrected chi connectivity index (χ4v) is 4.39. The molecule has 2 rings (SSSR count). The number of rotatable bonds is 5. The average Bonchev–Trinajstić information content (AvgIpc) is 2.94. The highest BCUT2D eigenvalue weighted by Crippen LogP contribution is 2.47. The molecule has 6 nitrogen and oxygen atoms in total. The third kappa shape index (κ3) is 3.02. The van der Waals surface area contributed by atoms with E-state index < -0.39 is 12.0 Å². The lowest BCUT2D eigenvalue weighted by Crippen LogP contribution is -2.52. The lowest BCUT2D eigenvalue weighted by atomic mass is 10.2. The number of esters is 1. The molecule has 0 bridgehead atoms. The largest absolute Gasteiger partial charge is 0.468 e. The van der Waals surface area contributed by atoms with Gasteiger partial charge in [-0.15, -0.1) is 11.8 Å². The summed E-state index contributed by atoms with van der Waals surface area (Å²) in [5.74, 6) is 0.0599. The van der Waals surface area contributed by atoms with Gasteiger partial charge >= 0.3 is 5.97 Å². The van der Waals surface area contributed by atoms with Crippen LogP contribution in [0.4, 0.5) is 0 Å². The molecular formula is C14H22N2O4S. The van der Waals surface area contributed by atoms with E-state index in [1.54, 1.807) is 16.7 Å². The Labute approximate surface area is 129 Å². The molecule has 0 aromatic carbocycles. The number of hydrogen-bond donors (Lipinski definition) is 0. The lowest BCUT2D eigenvalue weighted by Gasteiger charge is -2.32. The van der Waals surface area contributed by atoms with Crippen LogP contribution in [-0.4, -0.2) is 64.4 Å². The second kappa shape index (κ2) is 6.25. The molecule has 118 valence electrons. The number of amides is 2. The Balaban J connectivity index is 2.13. The van der Waals surface area contributed by atoms with E-state index in [-0.39, 0.29) is 23.2 Å². The van der Waals surface area contributed by atoms with E-state index in [9.17, 15) is 14.4 Å². The molecule has 21 heavy (non-hydrogen) atoms. The molecule has 7 heteroatoms. The maximum absolute atomic E-state index is 12.7. The second-order valence-corrected chi connectivity index (χ2v) is 7.10. The Morgan fingerprint density at radius 3 is 2.86 bits per heavy atom. The summed E-state index contributed by atoms with van der Waals surface area (Å²) in [7, 11) is 1.31. The third-order valence-corrected chi connectivity index (χ3v) is 5.59. The number of nitrogens with zero attached hydrogens (tertiary/aromatic N) is 2. The van der Waals surface area contributed by atoms with Gasteiger partial charge in [0.05, 0.1) is 12.0 Å². The smallest absolute Gasteiger partial charge is 0.325 e. The van der Waals surface area contributed by atoms with Crippen LogP contribution in [0.5, 0.6) is 0 Å². The standard InChI is InChI=1S/C14H22N2O4S/c1-4-7-15(8-12(18)20-3)13(19)10-9-21-14(2)6-5-11(17)16(10)14/h10H,4-9H2,1-3H3. The van der Waals surface area contributed by atoms with Gasteiger partial charge in [0.2, 0.25) is 11.8 Å². The summed E-state index contributed by atoms with van der Waals surface area (Å²) < 4.78 is 4.65. The van der Waals surface area contributed by atoms with Crippen molar-refractivity contribution >= 4 is 29.5 Å². The number of carbonyl (C=O) groups is 3. The molecule has 0 saturated carbocycles.